The molecule has 8 heteroatoms. The fraction of sp³-hybridized carbons (Fsp3) is 0.833. The van der Waals surface area contributed by atoms with Crippen molar-refractivity contribution in [3.05, 3.63) is 0 Å². The summed E-state index contributed by atoms with van der Waals surface area (Å²) in [6, 6.07) is -1.08. The minimum Gasteiger partial charge on any atom is -0.467 e. The van der Waals surface area contributed by atoms with Gasteiger partial charge >= 0.3 is 18.1 Å². The summed E-state index contributed by atoms with van der Waals surface area (Å²) in [5, 5.41) is 0. The predicted octanol–water partition coefficient (Wildman–Crippen LogP) is 2.18. The van der Waals surface area contributed by atoms with E-state index in [1.54, 1.807) is 16.8 Å². The lowest BCUT2D eigenvalue weighted by atomic mass is 10.0. The lowest BCUT2D eigenvalue weighted by Crippen LogP contribution is -2.60. The van der Waals surface area contributed by atoms with Crippen LogP contribution in [0.25, 0.3) is 0 Å². The Balaban J connectivity index is 2.78. The van der Waals surface area contributed by atoms with E-state index >= 15 is 0 Å². The van der Waals surface area contributed by atoms with Crippen LogP contribution < -0.4 is 0 Å². The molecule has 0 bridgehead atoms. The molecule has 8 nitrogen and oxygen atoms in total. The smallest absolute Gasteiger partial charge is 0.410 e. The van der Waals surface area contributed by atoms with E-state index < -0.39 is 17.6 Å². The minimum absolute atomic E-state index is 0.0743. The van der Waals surface area contributed by atoms with E-state index in [2.05, 4.69) is 0 Å². The molecule has 0 aliphatic carbocycles. The van der Waals surface area contributed by atoms with Gasteiger partial charge in [-0.3, -0.25) is 0 Å². The van der Waals surface area contributed by atoms with E-state index in [1.807, 2.05) is 41.5 Å². The second kappa shape index (κ2) is 8.60. The lowest BCUT2D eigenvalue weighted by Gasteiger charge is -2.42. The molecule has 0 spiro atoms. The van der Waals surface area contributed by atoms with Gasteiger partial charge in [0.15, 0.2) is 0 Å². The third-order valence-corrected chi connectivity index (χ3v) is 4.32. The molecule has 0 aromatic rings. The van der Waals surface area contributed by atoms with E-state index in [0.717, 1.165) is 0 Å². The van der Waals surface area contributed by atoms with E-state index in [9.17, 15) is 14.4 Å². The number of likely N-dealkylation sites (N-methyl/N-ethyl adjacent to an activating group) is 1. The van der Waals surface area contributed by atoms with Crippen molar-refractivity contribution in [3.63, 3.8) is 0 Å². The molecule has 0 aromatic carbocycles. The van der Waals surface area contributed by atoms with Crippen molar-refractivity contribution in [2.75, 3.05) is 33.8 Å². The first-order chi connectivity index (χ1) is 11.9. The third kappa shape index (κ3) is 5.51. The number of esters is 1. The number of ether oxygens (including phenoxy) is 2. The Kier molecular flexibility index (Phi) is 7.29. The van der Waals surface area contributed by atoms with Crippen molar-refractivity contribution >= 4 is 18.1 Å². The maximum atomic E-state index is 12.9. The molecule has 3 amide bonds. The van der Waals surface area contributed by atoms with Crippen molar-refractivity contribution < 1.29 is 23.9 Å². The molecule has 150 valence electrons. The van der Waals surface area contributed by atoms with Crippen LogP contribution in [0.3, 0.4) is 0 Å². The zero-order valence-electron chi connectivity index (χ0n) is 17.2. The number of methoxy groups -OCH3 is 1. The first kappa shape index (κ1) is 22.1. The molecular weight excluding hydrogens is 338 g/mol. The number of carbonyl (C=O) groups excluding carboxylic acids is 3. The average molecular weight is 371 g/mol. The second-order valence-electron chi connectivity index (χ2n) is 8.07. The van der Waals surface area contributed by atoms with Crippen molar-refractivity contribution in [2.45, 2.75) is 59.2 Å². The highest BCUT2D eigenvalue weighted by atomic mass is 16.6. The van der Waals surface area contributed by atoms with Crippen LogP contribution in [0.4, 0.5) is 9.59 Å². The molecule has 1 unspecified atom stereocenters. The van der Waals surface area contributed by atoms with E-state index in [0.29, 0.717) is 19.6 Å². The topological polar surface area (TPSA) is 79.4 Å². The Hall–Kier alpha value is -1.99. The zero-order valence-corrected chi connectivity index (χ0v) is 17.2. The molecule has 1 aliphatic heterocycles. The molecule has 1 aliphatic rings. The Labute approximate surface area is 156 Å². The average Bonchev–Trinajstić information content (AvgIpc) is 2.51. The van der Waals surface area contributed by atoms with Gasteiger partial charge < -0.3 is 24.2 Å². The predicted molar refractivity (Wildman–Crippen MR) is 97.8 cm³/mol. The summed E-state index contributed by atoms with van der Waals surface area (Å²) in [7, 11) is 2.93. The Morgan fingerprint density at radius 2 is 1.73 bits per heavy atom. The summed E-state index contributed by atoms with van der Waals surface area (Å²) in [4.78, 5) is 41.9. The normalized spacial score (nSPS) is 19.2. The van der Waals surface area contributed by atoms with Crippen LogP contribution in [-0.2, 0) is 14.3 Å². The summed E-state index contributed by atoms with van der Waals surface area (Å²) >= 11 is 0. The Bertz CT molecular complexity index is 529. The zero-order chi connectivity index (χ0) is 20.2. The standard InChI is InChI=1S/C18H33N3O5/c1-12(2)14(15(22)25-8)19(7)16(23)21-10-9-20(11-13(21)3)17(24)26-18(4,5)6/h12-14H,9-11H2,1-8H3/t13-,14?/m1/s1. The number of rotatable bonds is 3. The molecule has 0 saturated carbocycles. The Morgan fingerprint density at radius 1 is 1.15 bits per heavy atom. The third-order valence-electron chi connectivity index (χ3n) is 4.32. The maximum Gasteiger partial charge on any atom is 0.410 e. The molecule has 0 aromatic heterocycles. The van der Waals surface area contributed by atoms with Crippen molar-refractivity contribution in [3.8, 4) is 0 Å². The molecule has 1 heterocycles. The highest BCUT2D eigenvalue weighted by molar-refractivity contribution is 5.84. The van der Waals surface area contributed by atoms with Gasteiger partial charge in [0.25, 0.3) is 0 Å². The molecule has 1 saturated heterocycles. The van der Waals surface area contributed by atoms with Crippen LogP contribution in [0.5, 0.6) is 0 Å². The minimum atomic E-state index is -0.649. The van der Waals surface area contributed by atoms with Crippen LogP contribution >= 0.6 is 0 Å². The number of hydrogen-bond donors (Lipinski definition) is 0. The van der Waals surface area contributed by atoms with Crippen molar-refractivity contribution in [2.24, 2.45) is 5.92 Å². The highest BCUT2D eigenvalue weighted by Gasteiger charge is 2.37. The highest BCUT2D eigenvalue weighted by Crippen LogP contribution is 2.19. The van der Waals surface area contributed by atoms with Crippen molar-refractivity contribution in [1.29, 1.82) is 0 Å². The van der Waals surface area contributed by atoms with E-state index in [1.165, 1.54) is 12.0 Å². The fourth-order valence-corrected chi connectivity index (χ4v) is 3.05. The number of nitrogens with zero attached hydrogens (tertiary/aromatic N) is 3. The van der Waals surface area contributed by atoms with Gasteiger partial charge in [-0.2, -0.15) is 0 Å². The SMILES string of the molecule is COC(=O)C(C(C)C)N(C)C(=O)N1CCN(C(=O)OC(C)(C)C)C[C@H]1C. The number of amides is 3. The number of piperazine rings is 1. The van der Waals surface area contributed by atoms with Gasteiger partial charge in [0.2, 0.25) is 0 Å². The van der Waals surface area contributed by atoms with Crippen LogP contribution in [0.15, 0.2) is 0 Å². The molecule has 0 N–H and O–H groups in total. The largest absolute Gasteiger partial charge is 0.467 e. The number of hydrogen-bond acceptors (Lipinski definition) is 5. The van der Waals surface area contributed by atoms with E-state index in [-0.39, 0.29) is 24.1 Å². The molecule has 0 radical (unpaired) electrons. The van der Waals surface area contributed by atoms with Gasteiger partial charge in [-0.05, 0) is 33.6 Å². The van der Waals surface area contributed by atoms with E-state index in [4.69, 9.17) is 9.47 Å². The second-order valence-corrected chi connectivity index (χ2v) is 8.07. The molecule has 2 atom stereocenters. The lowest BCUT2D eigenvalue weighted by molar-refractivity contribution is -0.147. The van der Waals surface area contributed by atoms with Crippen molar-refractivity contribution in [1.82, 2.24) is 14.7 Å². The molecular formula is C18H33N3O5. The number of carbonyl (C=O) groups is 3. The summed E-state index contributed by atoms with van der Waals surface area (Å²) in [5.41, 5.74) is -0.557. The van der Waals surface area contributed by atoms with Gasteiger partial charge in [0.1, 0.15) is 11.6 Å². The maximum absolute atomic E-state index is 12.9. The molecule has 1 fully saturated rings. The van der Waals surface area contributed by atoms with Crippen LogP contribution in [-0.4, -0.2) is 84.3 Å². The number of urea groups is 1. The monoisotopic (exact) mass is 371 g/mol. The summed E-state index contributed by atoms with van der Waals surface area (Å²) < 4.78 is 10.2. The molecule has 26 heavy (non-hydrogen) atoms. The van der Waals surface area contributed by atoms with Crippen LogP contribution in [0.2, 0.25) is 0 Å². The van der Waals surface area contributed by atoms with Gasteiger partial charge in [-0.1, -0.05) is 13.8 Å². The first-order valence-electron chi connectivity index (χ1n) is 8.98. The quantitative estimate of drug-likeness (QED) is 0.711. The summed E-state index contributed by atoms with van der Waals surface area (Å²) in [6.45, 7) is 12.2. The van der Waals surface area contributed by atoms with Gasteiger partial charge in [-0.15, -0.1) is 0 Å². The first-order valence-corrected chi connectivity index (χ1v) is 8.98. The summed E-state index contributed by atoms with van der Waals surface area (Å²) in [6.07, 6.45) is -0.376. The van der Waals surface area contributed by atoms with Gasteiger partial charge in [0, 0.05) is 32.7 Å². The van der Waals surface area contributed by atoms with Crippen LogP contribution in [0.1, 0.15) is 41.5 Å². The van der Waals surface area contributed by atoms with Crippen LogP contribution in [0, 0.1) is 5.92 Å². The van der Waals surface area contributed by atoms with Gasteiger partial charge in [-0.25, -0.2) is 14.4 Å². The fourth-order valence-electron chi connectivity index (χ4n) is 3.05. The van der Waals surface area contributed by atoms with Gasteiger partial charge in [0.05, 0.1) is 7.11 Å². The summed E-state index contributed by atoms with van der Waals surface area (Å²) in [5.74, 6) is -0.509. The molecule has 1 rings (SSSR count). The Morgan fingerprint density at radius 3 is 2.15 bits per heavy atom.